The summed E-state index contributed by atoms with van der Waals surface area (Å²) in [5.74, 6) is 0.426. The third-order valence-corrected chi connectivity index (χ3v) is 3.18. The first-order valence-corrected chi connectivity index (χ1v) is 7.02. The van der Waals surface area contributed by atoms with Gasteiger partial charge >= 0.3 is 0 Å². The Labute approximate surface area is 129 Å². The lowest BCUT2D eigenvalue weighted by Crippen LogP contribution is -2.33. The van der Waals surface area contributed by atoms with Crippen LogP contribution >= 0.6 is 0 Å². The van der Waals surface area contributed by atoms with E-state index in [1.165, 1.54) is 12.1 Å². The highest BCUT2D eigenvalue weighted by molar-refractivity contribution is 5.77. The molecule has 0 spiro atoms. The molecule has 0 saturated heterocycles. The zero-order valence-electron chi connectivity index (χ0n) is 12.4. The van der Waals surface area contributed by atoms with Crippen LogP contribution in [0.4, 0.5) is 4.39 Å². The molecule has 5 heteroatoms. The molecule has 0 unspecified atom stereocenters. The maximum Gasteiger partial charge on any atom is 0.234 e. The van der Waals surface area contributed by atoms with E-state index in [-0.39, 0.29) is 18.3 Å². The predicted molar refractivity (Wildman–Crippen MR) is 82.9 cm³/mol. The van der Waals surface area contributed by atoms with E-state index in [2.05, 4.69) is 10.6 Å². The summed E-state index contributed by atoms with van der Waals surface area (Å²) >= 11 is 0. The lowest BCUT2D eigenvalue weighted by atomic mass is 10.2. The summed E-state index contributed by atoms with van der Waals surface area (Å²) in [6, 6.07) is 13.7. The van der Waals surface area contributed by atoms with Crippen LogP contribution in [0.1, 0.15) is 11.1 Å². The minimum atomic E-state index is -0.281. The van der Waals surface area contributed by atoms with Crippen LogP contribution in [0.15, 0.2) is 48.5 Å². The van der Waals surface area contributed by atoms with Gasteiger partial charge in [-0.2, -0.15) is 0 Å². The number of halogens is 1. The summed E-state index contributed by atoms with van der Waals surface area (Å²) in [5, 5.41) is 5.85. The average Bonchev–Trinajstić information content (AvgIpc) is 2.55. The molecule has 0 aliphatic carbocycles. The summed E-state index contributed by atoms with van der Waals surface area (Å²) in [7, 11) is 1.62. The number of hydrogen-bond acceptors (Lipinski definition) is 3. The van der Waals surface area contributed by atoms with E-state index < -0.39 is 0 Å². The number of ether oxygens (including phenoxy) is 1. The van der Waals surface area contributed by atoms with Crippen molar-refractivity contribution >= 4 is 5.91 Å². The summed E-state index contributed by atoms with van der Waals surface area (Å²) in [6.07, 6.45) is 0. The zero-order chi connectivity index (χ0) is 15.8. The van der Waals surface area contributed by atoms with E-state index in [0.29, 0.717) is 13.1 Å². The van der Waals surface area contributed by atoms with E-state index >= 15 is 0 Å². The van der Waals surface area contributed by atoms with Gasteiger partial charge in [-0.05, 0) is 35.4 Å². The molecule has 2 aromatic rings. The van der Waals surface area contributed by atoms with E-state index in [9.17, 15) is 9.18 Å². The highest BCUT2D eigenvalue weighted by Crippen LogP contribution is 2.10. The highest BCUT2D eigenvalue weighted by atomic mass is 19.1. The van der Waals surface area contributed by atoms with Crippen LogP contribution in [0.5, 0.6) is 5.75 Å². The van der Waals surface area contributed by atoms with Crippen LogP contribution in [0, 0.1) is 5.82 Å². The first kappa shape index (κ1) is 16.0. The lowest BCUT2D eigenvalue weighted by molar-refractivity contribution is -0.120. The van der Waals surface area contributed by atoms with Crippen molar-refractivity contribution in [3.63, 3.8) is 0 Å². The van der Waals surface area contributed by atoms with Crippen LogP contribution < -0.4 is 15.4 Å². The van der Waals surface area contributed by atoms with Crippen molar-refractivity contribution in [2.75, 3.05) is 13.7 Å². The summed E-state index contributed by atoms with van der Waals surface area (Å²) in [4.78, 5) is 11.7. The molecule has 0 aliphatic heterocycles. The Hall–Kier alpha value is -2.40. The minimum absolute atomic E-state index is 0.0992. The number of hydrogen-bond donors (Lipinski definition) is 2. The van der Waals surface area contributed by atoms with Crippen molar-refractivity contribution in [3.8, 4) is 5.75 Å². The number of carbonyl (C=O) groups is 1. The molecule has 22 heavy (non-hydrogen) atoms. The quantitative estimate of drug-likeness (QED) is 0.825. The van der Waals surface area contributed by atoms with Gasteiger partial charge in [0.15, 0.2) is 0 Å². The van der Waals surface area contributed by atoms with Crippen LogP contribution in [-0.4, -0.2) is 19.6 Å². The Morgan fingerprint density at radius 2 is 1.59 bits per heavy atom. The van der Waals surface area contributed by atoms with Crippen molar-refractivity contribution in [1.82, 2.24) is 10.6 Å². The van der Waals surface area contributed by atoms with Crippen molar-refractivity contribution in [3.05, 3.63) is 65.5 Å². The topological polar surface area (TPSA) is 50.4 Å². The number of nitrogens with one attached hydrogen (secondary N) is 2. The van der Waals surface area contributed by atoms with Crippen molar-refractivity contribution < 1.29 is 13.9 Å². The third-order valence-electron chi connectivity index (χ3n) is 3.18. The fourth-order valence-electron chi connectivity index (χ4n) is 1.93. The SMILES string of the molecule is COc1ccc(CNCC(=O)NCc2ccc(F)cc2)cc1. The molecule has 2 rings (SSSR count). The van der Waals surface area contributed by atoms with Gasteiger partial charge in [0.25, 0.3) is 0 Å². The summed E-state index contributed by atoms with van der Waals surface area (Å²) < 4.78 is 17.8. The normalized spacial score (nSPS) is 10.3. The van der Waals surface area contributed by atoms with Crippen molar-refractivity contribution in [2.45, 2.75) is 13.1 Å². The number of methoxy groups -OCH3 is 1. The van der Waals surface area contributed by atoms with Gasteiger partial charge < -0.3 is 15.4 Å². The standard InChI is InChI=1S/C17H19FN2O2/c1-22-16-8-4-13(5-9-16)10-19-12-17(21)20-11-14-2-6-15(18)7-3-14/h2-9,19H,10-12H2,1H3,(H,20,21). The van der Waals surface area contributed by atoms with Gasteiger partial charge in [0, 0.05) is 13.1 Å². The molecular weight excluding hydrogens is 283 g/mol. The molecule has 0 bridgehead atoms. The number of carbonyl (C=O) groups excluding carboxylic acids is 1. The Bertz CT molecular complexity index is 597. The highest BCUT2D eigenvalue weighted by Gasteiger charge is 2.01. The van der Waals surface area contributed by atoms with Gasteiger partial charge in [0.1, 0.15) is 11.6 Å². The average molecular weight is 302 g/mol. The van der Waals surface area contributed by atoms with E-state index in [1.807, 2.05) is 24.3 Å². The van der Waals surface area contributed by atoms with Gasteiger partial charge in [-0.15, -0.1) is 0 Å². The molecule has 0 saturated carbocycles. The maximum atomic E-state index is 12.8. The van der Waals surface area contributed by atoms with E-state index in [4.69, 9.17) is 4.74 Å². The minimum Gasteiger partial charge on any atom is -0.497 e. The second-order valence-electron chi connectivity index (χ2n) is 4.85. The van der Waals surface area contributed by atoms with E-state index in [1.54, 1.807) is 19.2 Å². The molecule has 1 amide bonds. The van der Waals surface area contributed by atoms with Crippen LogP contribution in [-0.2, 0) is 17.9 Å². The van der Waals surface area contributed by atoms with Gasteiger partial charge in [-0.25, -0.2) is 4.39 Å². The Morgan fingerprint density at radius 1 is 1.00 bits per heavy atom. The first-order valence-electron chi connectivity index (χ1n) is 7.02. The van der Waals surface area contributed by atoms with Gasteiger partial charge in [0.2, 0.25) is 5.91 Å². The largest absolute Gasteiger partial charge is 0.497 e. The predicted octanol–water partition coefficient (Wildman–Crippen LogP) is 2.24. The maximum absolute atomic E-state index is 12.8. The molecule has 0 radical (unpaired) electrons. The molecular formula is C17H19FN2O2. The van der Waals surface area contributed by atoms with Gasteiger partial charge in [0.05, 0.1) is 13.7 Å². The van der Waals surface area contributed by atoms with Gasteiger partial charge in [-0.1, -0.05) is 24.3 Å². The molecule has 4 nitrogen and oxygen atoms in total. The molecule has 116 valence electrons. The van der Waals surface area contributed by atoms with Gasteiger partial charge in [-0.3, -0.25) is 4.79 Å². The number of rotatable bonds is 7. The molecule has 2 aromatic carbocycles. The molecule has 2 N–H and O–H groups in total. The van der Waals surface area contributed by atoms with E-state index in [0.717, 1.165) is 16.9 Å². The third kappa shape index (κ3) is 5.18. The number of amides is 1. The molecule has 0 aliphatic rings. The Morgan fingerprint density at radius 3 is 2.23 bits per heavy atom. The second kappa shape index (κ2) is 8.14. The Kier molecular flexibility index (Phi) is 5.91. The van der Waals surface area contributed by atoms with Crippen molar-refractivity contribution in [1.29, 1.82) is 0 Å². The molecule has 0 atom stereocenters. The summed E-state index contributed by atoms with van der Waals surface area (Å²) in [6.45, 7) is 1.23. The second-order valence-corrected chi connectivity index (χ2v) is 4.85. The molecule has 0 heterocycles. The monoisotopic (exact) mass is 302 g/mol. The van der Waals surface area contributed by atoms with Crippen molar-refractivity contribution in [2.24, 2.45) is 0 Å². The van der Waals surface area contributed by atoms with Crippen LogP contribution in [0.2, 0.25) is 0 Å². The smallest absolute Gasteiger partial charge is 0.234 e. The van der Waals surface area contributed by atoms with Crippen LogP contribution in [0.3, 0.4) is 0 Å². The fraction of sp³-hybridized carbons (Fsp3) is 0.235. The number of benzene rings is 2. The van der Waals surface area contributed by atoms with Crippen LogP contribution in [0.25, 0.3) is 0 Å². The molecule has 0 fully saturated rings. The fourth-order valence-corrected chi connectivity index (χ4v) is 1.93. The molecule has 0 aromatic heterocycles. The zero-order valence-corrected chi connectivity index (χ0v) is 12.4. The first-order chi connectivity index (χ1) is 10.7. The lowest BCUT2D eigenvalue weighted by Gasteiger charge is -2.07. The Balaban J connectivity index is 1.67. The summed E-state index contributed by atoms with van der Waals surface area (Å²) in [5.41, 5.74) is 1.94.